The number of hydrogen-bond donors (Lipinski definition) is 1. The van der Waals surface area contributed by atoms with Crippen LogP contribution in [0.3, 0.4) is 0 Å². The molecule has 162 valence electrons. The molecule has 0 aliphatic carbocycles. The fourth-order valence-corrected chi connectivity index (χ4v) is 3.69. The van der Waals surface area contributed by atoms with Gasteiger partial charge in [0.25, 0.3) is 5.91 Å². The van der Waals surface area contributed by atoms with Gasteiger partial charge in [0.05, 0.1) is 11.1 Å². The van der Waals surface area contributed by atoms with E-state index in [1.807, 2.05) is 0 Å². The van der Waals surface area contributed by atoms with E-state index in [0.29, 0.717) is 10.4 Å². The molecule has 0 saturated carbocycles. The number of nitro benzene ring substituents is 1. The van der Waals surface area contributed by atoms with Crippen molar-refractivity contribution in [3.8, 4) is 5.75 Å². The van der Waals surface area contributed by atoms with Crippen LogP contribution in [0.1, 0.15) is 52.4 Å². The minimum atomic E-state index is -0.552. The van der Waals surface area contributed by atoms with E-state index in [1.165, 1.54) is 18.3 Å². The number of carbonyl (C=O) groups excluding carboxylic acids is 1. The zero-order valence-corrected chi connectivity index (χ0v) is 19.3. The van der Waals surface area contributed by atoms with Crippen LogP contribution in [0.15, 0.2) is 44.5 Å². The highest BCUT2D eigenvalue weighted by atomic mass is 79.9. The number of ether oxygens (including phenoxy) is 1. The Morgan fingerprint density at radius 2 is 1.97 bits per heavy atom. The lowest BCUT2D eigenvalue weighted by atomic mass is 9.72. The predicted octanol–water partition coefficient (Wildman–Crippen LogP) is 5.19. The highest BCUT2D eigenvalue weighted by Gasteiger charge is 2.29. The van der Waals surface area contributed by atoms with E-state index in [0.717, 1.165) is 12.0 Å². The monoisotopic (exact) mass is 479 g/mol. The number of benzene rings is 1. The maximum Gasteiger partial charge on any atom is 0.311 e. The average Bonchev–Trinajstić information content (AvgIpc) is 3.03. The molecule has 1 aromatic carbocycles. The van der Waals surface area contributed by atoms with Crippen molar-refractivity contribution in [2.24, 2.45) is 10.5 Å². The number of nitro groups is 1. The lowest BCUT2D eigenvalue weighted by molar-refractivity contribution is -0.385. The molecule has 0 fully saturated rings. The van der Waals surface area contributed by atoms with Crippen LogP contribution in [0.4, 0.5) is 5.69 Å². The molecule has 0 saturated heterocycles. The van der Waals surface area contributed by atoms with E-state index in [4.69, 9.17) is 9.15 Å². The van der Waals surface area contributed by atoms with Crippen LogP contribution in [0.5, 0.6) is 5.75 Å². The van der Waals surface area contributed by atoms with Gasteiger partial charge in [-0.25, -0.2) is 5.43 Å². The molecule has 0 bridgehead atoms. The third kappa shape index (κ3) is 6.98. The number of amides is 1. The Morgan fingerprint density at radius 3 is 2.53 bits per heavy atom. The molecule has 0 aliphatic rings. The van der Waals surface area contributed by atoms with Crippen molar-refractivity contribution in [3.05, 3.63) is 56.4 Å². The number of halogens is 1. The van der Waals surface area contributed by atoms with Crippen molar-refractivity contribution in [2.45, 2.75) is 46.5 Å². The largest absolute Gasteiger partial charge is 0.477 e. The van der Waals surface area contributed by atoms with Crippen LogP contribution in [0, 0.1) is 15.5 Å². The van der Waals surface area contributed by atoms with Gasteiger partial charge in [-0.1, -0.05) is 40.7 Å². The Balaban J connectivity index is 2.05. The van der Waals surface area contributed by atoms with Gasteiger partial charge in [-0.2, -0.15) is 5.10 Å². The molecule has 2 aromatic rings. The molecule has 0 radical (unpaired) electrons. The van der Waals surface area contributed by atoms with Gasteiger partial charge in [0.15, 0.2) is 17.0 Å². The van der Waals surface area contributed by atoms with Gasteiger partial charge < -0.3 is 9.15 Å². The number of rotatable bonds is 8. The minimum Gasteiger partial charge on any atom is -0.477 e. The summed E-state index contributed by atoms with van der Waals surface area (Å²) in [4.78, 5) is 23.0. The van der Waals surface area contributed by atoms with Gasteiger partial charge in [0.1, 0.15) is 5.76 Å². The van der Waals surface area contributed by atoms with Crippen molar-refractivity contribution in [3.63, 3.8) is 0 Å². The Hall–Kier alpha value is -2.68. The van der Waals surface area contributed by atoms with Crippen molar-refractivity contribution in [1.29, 1.82) is 0 Å². The van der Waals surface area contributed by atoms with Gasteiger partial charge in [-0.05, 0) is 56.9 Å². The first-order chi connectivity index (χ1) is 13.9. The molecular weight excluding hydrogens is 454 g/mol. The summed E-state index contributed by atoms with van der Waals surface area (Å²) in [7, 11) is 0. The zero-order chi connectivity index (χ0) is 22.5. The maximum absolute atomic E-state index is 11.9. The molecule has 9 heteroatoms. The Labute approximate surface area is 184 Å². The van der Waals surface area contributed by atoms with E-state index < -0.39 is 17.4 Å². The average molecular weight is 480 g/mol. The molecule has 1 heterocycles. The molecule has 0 aliphatic heterocycles. The molecule has 30 heavy (non-hydrogen) atoms. The molecule has 1 amide bonds. The van der Waals surface area contributed by atoms with Gasteiger partial charge in [-0.3, -0.25) is 14.9 Å². The third-order valence-corrected chi connectivity index (χ3v) is 4.67. The predicted molar refractivity (Wildman–Crippen MR) is 118 cm³/mol. The van der Waals surface area contributed by atoms with Crippen LogP contribution >= 0.6 is 15.9 Å². The second kappa shape index (κ2) is 9.42. The standard InChI is InChI=1S/C21H26BrN3O5/c1-20(2,3)13-21(4,5)14-6-8-17(16(10-14)25(27)28)29-12-19(26)24-23-11-15-7-9-18(22)30-15/h6-11H,12-13H2,1-5H3,(H,24,26)/b23-11-. The van der Waals surface area contributed by atoms with E-state index in [-0.39, 0.29) is 22.3 Å². The minimum absolute atomic E-state index is 0.0319. The van der Waals surface area contributed by atoms with E-state index in [1.54, 1.807) is 18.2 Å². The Kier molecular flexibility index (Phi) is 7.41. The van der Waals surface area contributed by atoms with Crippen molar-refractivity contribution >= 4 is 33.7 Å². The molecule has 0 unspecified atom stereocenters. The summed E-state index contributed by atoms with van der Waals surface area (Å²) in [5.74, 6) is -0.0695. The van der Waals surface area contributed by atoms with E-state index in [9.17, 15) is 14.9 Å². The van der Waals surface area contributed by atoms with E-state index >= 15 is 0 Å². The van der Waals surface area contributed by atoms with Gasteiger partial charge in [-0.15, -0.1) is 0 Å². The summed E-state index contributed by atoms with van der Waals surface area (Å²) in [5, 5.41) is 15.3. The number of furan rings is 1. The SMILES string of the molecule is CC(C)(C)CC(C)(C)c1ccc(OCC(=O)N/N=C\c2ccc(Br)o2)c([N+](=O)[O-])c1. The summed E-state index contributed by atoms with van der Waals surface area (Å²) in [6.07, 6.45) is 2.18. The number of hydrazone groups is 1. The fraction of sp³-hybridized carbons (Fsp3) is 0.429. The first-order valence-corrected chi connectivity index (χ1v) is 10.2. The third-order valence-electron chi connectivity index (χ3n) is 4.24. The van der Waals surface area contributed by atoms with Gasteiger partial charge >= 0.3 is 5.69 Å². The summed E-state index contributed by atoms with van der Waals surface area (Å²) in [6, 6.07) is 8.22. The van der Waals surface area contributed by atoms with Gasteiger partial charge in [0, 0.05) is 6.07 Å². The molecule has 0 atom stereocenters. The van der Waals surface area contributed by atoms with Crippen LogP contribution in [0.25, 0.3) is 0 Å². The van der Waals surface area contributed by atoms with Crippen LogP contribution < -0.4 is 10.2 Å². The second-order valence-corrected chi connectivity index (χ2v) is 9.57. The molecule has 8 nitrogen and oxygen atoms in total. The highest BCUT2D eigenvalue weighted by molar-refractivity contribution is 9.10. The van der Waals surface area contributed by atoms with E-state index in [2.05, 4.69) is 61.1 Å². The number of nitrogens with one attached hydrogen (secondary N) is 1. The molecular formula is C21H26BrN3O5. The van der Waals surface area contributed by atoms with Gasteiger partial charge in [0.2, 0.25) is 0 Å². The normalized spacial score (nSPS) is 12.2. The maximum atomic E-state index is 11.9. The number of carbonyl (C=O) groups is 1. The van der Waals surface area contributed by atoms with Crippen molar-refractivity contribution < 1.29 is 18.9 Å². The summed E-state index contributed by atoms with van der Waals surface area (Å²) in [5.41, 5.74) is 2.76. The first-order valence-electron chi connectivity index (χ1n) is 9.36. The van der Waals surface area contributed by atoms with Crippen LogP contribution in [-0.4, -0.2) is 23.7 Å². The van der Waals surface area contributed by atoms with Crippen LogP contribution in [0.2, 0.25) is 0 Å². The second-order valence-electron chi connectivity index (χ2n) is 8.78. The fourth-order valence-electron chi connectivity index (χ4n) is 3.37. The number of nitrogens with zero attached hydrogens (tertiary/aromatic N) is 2. The van der Waals surface area contributed by atoms with Crippen molar-refractivity contribution in [1.82, 2.24) is 5.43 Å². The number of hydrogen-bond acceptors (Lipinski definition) is 6. The molecule has 1 aromatic heterocycles. The summed E-state index contributed by atoms with van der Waals surface area (Å²) in [6.45, 7) is 10.1. The highest BCUT2D eigenvalue weighted by Crippen LogP contribution is 2.39. The Morgan fingerprint density at radius 1 is 1.27 bits per heavy atom. The first kappa shape index (κ1) is 23.6. The van der Waals surface area contributed by atoms with Crippen LogP contribution in [-0.2, 0) is 10.2 Å². The summed E-state index contributed by atoms with van der Waals surface area (Å²) >= 11 is 3.16. The lowest BCUT2D eigenvalue weighted by Crippen LogP contribution is -2.26. The lowest BCUT2D eigenvalue weighted by Gasteiger charge is -2.33. The quantitative estimate of drug-likeness (QED) is 0.318. The molecule has 1 N–H and O–H groups in total. The molecule has 2 rings (SSSR count). The summed E-state index contributed by atoms with van der Waals surface area (Å²) < 4.78 is 11.1. The zero-order valence-electron chi connectivity index (χ0n) is 17.7. The molecule has 0 spiro atoms. The smallest absolute Gasteiger partial charge is 0.311 e. The topological polar surface area (TPSA) is 107 Å². The van der Waals surface area contributed by atoms with Crippen molar-refractivity contribution in [2.75, 3.05) is 6.61 Å². The Bertz CT molecular complexity index is 944.